The fourth-order valence-corrected chi connectivity index (χ4v) is 3.31. The fraction of sp³-hybridized carbons (Fsp3) is 0.385. The first-order chi connectivity index (χ1) is 7.77. The SMILES string of the molecule is C[C@]1(Cc2c[nH]c3ccccc23)OCCS1. The number of ether oxygens (including phenoxy) is 1. The Hall–Kier alpha value is -0.930. The van der Waals surface area contributed by atoms with Crippen molar-refractivity contribution in [1.29, 1.82) is 0 Å². The molecule has 0 radical (unpaired) electrons. The standard InChI is InChI=1S/C13H15NOS/c1-13(15-6-7-16-13)8-10-9-14-12-5-3-2-4-11(10)12/h2-5,9,14H,6-8H2,1H3/t13-/m0/s1. The summed E-state index contributed by atoms with van der Waals surface area (Å²) in [6.07, 6.45) is 3.08. The summed E-state index contributed by atoms with van der Waals surface area (Å²) in [6.45, 7) is 3.07. The van der Waals surface area contributed by atoms with Gasteiger partial charge >= 0.3 is 0 Å². The zero-order valence-corrected chi connectivity index (χ0v) is 10.1. The minimum Gasteiger partial charge on any atom is -0.363 e. The second-order valence-corrected chi connectivity index (χ2v) is 5.93. The van der Waals surface area contributed by atoms with Crippen molar-refractivity contribution in [2.75, 3.05) is 12.4 Å². The van der Waals surface area contributed by atoms with Crippen LogP contribution in [0.3, 0.4) is 0 Å². The number of aromatic nitrogens is 1. The molecule has 0 aliphatic carbocycles. The number of hydrogen-bond donors (Lipinski definition) is 1. The van der Waals surface area contributed by atoms with Gasteiger partial charge in [0.15, 0.2) is 0 Å². The predicted octanol–water partition coefficient (Wildman–Crippen LogP) is 3.19. The maximum atomic E-state index is 5.81. The molecule has 3 rings (SSSR count). The lowest BCUT2D eigenvalue weighted by Gasteiger charge is -2.21. The van der Waals surface area contributed by atoms with Crippen molar-refractivity contribution in [2.24, 2.45) is 0 Å². The number of thioether (sulfide) groups is 1. The van der Waals surface area contributed by atoms with E-state index in [0.29, 0.717) is 0 Å². The first-order valence-corrected chi connectivity index (χ1v) is 6.58. The summed E-state index contributed by atoms with van der Waals surface area (Å²) < 4.78 is 5.81. The van der Waals surface area contributed by atoms with E-state index in [0.717, 1.165) is 18.8 Å². The minimum absolute atomic E-state index is 0.0367. The molecule has 1 N–H and O–H groups in total. The molecule has 0 saturated carbocycles. The van der Waals surface area contributed by atoms with E-state index >= 15 is 0 Å². The van der Waals surface area contributed by atoms with Crippen LogP contribution < -0.4 is 0 Å². The molecule has 1 atom stereocenters. The van der Waals surface area contributed by atoms with Crippen LogP contribution in [0.2, 0.25) is 0 Å². The lowest BCUT2D eigenvalue weighted by atomic mass is 10.1. The lowest BCUT2D eigenvalue weighted by molar-refractivity contribution is 0.0667. The molecule has 2 aromatic rings. The molecular weight excluding hydrogens is 218 g/mol. The van der Waals surface area contributed by atoms with E-state index in [1.165, 1.54) is 16.5 Å². The lowest BCUT2D eigenvalue weighted by Crippen LogP contribution is -2.22. The van der Waals surface area contributed by atoms with Gasteiger partial charge in [0, 0.05) is 29.3 Å². The van der Waals surface area contributed by atoms with Crippen molar-refractivity contribution in [1.82, 2.24) is 4.98 Å². The van der Waals surface area contributed by atoms with Gasteiger partial charge in [0.25, 0.3) is 0 Å². The predicted molar refractivity (Wildman–Crippen MR) is 68.8 cm³/mol. The molecule has 0 unspecified atom stereocenters. The second-order valence-electron chi connectivity index (χ2n) is 4.37. The normalized spacial score (nSPS) is 25.3. The molecule has 84 valence electrons. The highest BCUT2D eigenvalue weighted by Crippen LogP contribution is 2.36. The Labute approximate surface area is 99.4 Å². The Morgan fingerprint density at radius 2 is 2.31 bits per heavy atom. The molecule has 1 fully saturated rings. The van der Waals surface area contributed by atoms with E-state index in [9.17, 15) is 0 Å². The van der Waals surface area contributed by atoms with Gasteiger partial charge in [-0.2, -0.15) is 0 Å². The maximum Gasteiger partial charge on any atom is 0.115 e. The summed E-state index contributed by atoms with van der Waals surface area (Å²) >= 11 is 1.92. The first-order valence-electron chi connectivity index (χ1n) is 5.60. The molecule has 1 aliphatic rings. The summed E-state index contributed by atoms with van der Waals surface area (Å²) in [5, 5.41) is 1.32. The summed E-state index contributed by atoms with van der Waals surface area (Å²) in [7, 11) is 0. The average molecular weight is 233 g/mol. The molecule has 1 saturated heterocycles. The van der Waals surface area contributed by atoms with Crippen molar-refractivity contribution in [2.45, 2.75) is 18.3 Å². The van der Waals surface area contributed by atoms with E-state index in [4.69, 9.17) is 4.74 Å². The highest BCUT2D eigenvalue weighted by Gasteiger charge is 2.31. The highest BCUT2D eigenvalue weighted by atomic mass is 32.2. The number of H-pyrrole nitrogens is 1. The number of rotatable bonds is 2. The van der Waals surface area contributed by atoms with Crippen LogP contribution in [0, 0.1) is 0 Å². The summed E-state index contributed by atoms with van der Waals surface area (Å²) in [4.78, 5) is 3.28. The summed E-state index contributed by atoms with van der Waals surface area (Å²) in [5.74, 6) is 1.11. The van der Waals surface area contributed by atoms with Crippen molar-refractivity contribution < 1.29 is 4.74 Å². The van der Waals surface area contributed by atoms with Gasteiger partial charge in [-0.25, -0.2) is 0 Å². The largest absolute Gasteiger partial charge is 0.363 e. The van der Waals surface area contributed by atoms with Gasteiger partial charge < -0.3 is 9.72 Å². The Kier molecular flexibility index (Phi) is 2.45. The third-order valence-electron chi connectivity index (χ3n) is 3.08. The molecule has 0 amide bonds. The molecule has 16 heavy (non-hydrogen) atoms. The van der Waals surface area contributed by atoms with E-state index in [1.807, 2.05) is 11.8 Å². The van der Waals surface area contributed by atoms with Crippen LogP contribution in [-0.2, 0) is 11.2 Å². The Morgan fingerprint density at radius 3 is 3.12 bits per heavy atom. The molecule has 1 aromatic heterocycles. The number of aromatic amines is 1. The fourth-order valence-electron chi connectivity index (χ4n) is 2.28. The minimum atomic E-state index is -0.0367. The van der Waals surface area contributed by atoms with Crippen LogP contribution in [0.15, 0.2) is 30.5 Å². The molecular formula is C13H15NOS. The number of fused-ring (bicyclic) bond motifs is 1. The molecule has 2 heterocycles. The topological polar surface area (TPSA) is 25.0 Å². The van der Waals surface area contributed by atoms with E-state index in [1.54, 1.807) is 0 Å². The Bertz CT molecular complexity index is 499. The maximum absolute atomic E-state index is 5.81. The van der Waals surface area contributed by atoms with Crippen LogP contribution in [-0.4, -0.2) is 22.3 Å². The Morgan fingerprint density at radius 1 is 1.44 bits per heavy atom. The van der Waals surface area contributed by atoms with Crippen LogP contribution in [0.25, 0.3) is 10.9 Å². The number of para-hydroxylation sites is 1. The van der Waals surface area contributed by atoms with Crippen molar-refractivity contribution >= 4 is 22.7 Å². The molecule has 1 aliphatic heterocycles. The summed E-state index contributed by atoms with van der Waals surface area (Å²) in [5.41, 5.74) is 2.57. The van der Waals surface area contributed by atoms with Crippen LogP contribution in [0.5, 0.6) is 0 Å². The number of hydrogen-bond acceptors (Lipinski definition) is 2. The van der Waals surface area contributed by atoms with Crippen LogP contribution in [0.1, 0.15) is 12.5 Å². The monoisotopic (exact) mass is 233 g/mol. The number of nitrogens with one attached hydrogen (secondary N) is 1. The highest BCUT2D eigenvalue weighted by molar-refractivity contribution is 8.00. The molecule has 2 nitrogen and oxygen atoms in total. The third kappa shape index (κ3) is 1.74. The molecule has 3 heteroatoms. The molecule has 1 aromatic carbocycles. The second kappa shape index (κ2) is 3.82. The van der Waals surface area contributed by atoms with Gasteiger partial charge in [-0.05, 0) is 18.6 Å². The Balaban J connectivity index is 1.94. The van der Waals surface area contributed by atoms with Gasteiger partial charge in [-0.3, -0.25) is 0 Å². The molecule has 0 bridgehead atoms. The van der Waals surface area contributed by atoms with Crippen molar-refractivity contribution in [3.05, 3.63) is 36.0 Å². The van der Waals surface area contributed by atoms with E-state index in [2.05, 4.69) is 42.4 Å². The van der Waals surface area contributed by atoms with Crippen LogP contribution in [0.4, 0.5) is 0 Å². The zero-order valence-electron chi connectivity index (χ0n) is 9.32. The van der Waals surface area contributed by atoms with Gasteiger partial charge in [0.2, 0.25) is 0 Å². The average Bonchev–Trinajstić information content (AvgIpc) is 2.87. The third-order valence-corrected chi connectivity index (χ3v) is 4.33. The quantitative estimate of drug-likeness (QED) is 0.861. The molecule has 0 spiro atoms. The van der Waals surface area contributed by atoms with Gasteiger partial charge in [-0.15, -0.1) is 11.8 Å². The van der Waals surface area contributed by atoms with Gasteiger partial charge in [0.05, 0.1) is 6.61 Å². The van der Waals surface area contributed by atoms with E-state index < -0.39 is 0 Å². The van der Waals surface area contributed by atoms with Gasteiger partial charge in [-0.1, -0.05) is 18.2 Å². The summed E-state index contributed by atoms with van der Waals surface area (Å²) in [6, 6.07) is 8.43. The first kappa shape index (κ1) is 10.2. The van der Waals surface area contributed by atoms with Crippen molar-refractivity contribution in [3.8, 4) is 0 Å². The van der Waals surface area contributed by atoms with Gasteiger partial charge in [0.1, 0.15) is 4.93 Å². The zero-order chi connectivity index (χ0) is 11.0. The van der Waals surface area contributed by atoms with Crippen molar-refractivity contribution in [3.63, 3.8) is 0 Å². The van der Waals surface area contributed by atoms with E-state index in [-0.39, 0.29) is 4.93 Å². The van der Waals surface area contributed by atoms with Crippen LogP contribution >= 0.6 is 11.8 Å². The smallest absolute Gasteiger partial charge is 0.115 e. The number of benzene rings is 1.